The van der Waals surface area contributed by atoms with Crippen molar-refractivity contribution in [1.82, 2.24) is 0 Å². The van der Waals surface area contributed by atoms with E-state index in [-0.39, 0.29) is 5.41 Å². The van der Waals surface area contributed by atoms with Gasteiger partial charge in [0.1, 0.15) is 0 Å². The minimum absolute atomic E-state index is 0.235. The molecule has 0 saturated heterocycles. The molecular weight excluding hydrogens is 228 g/mol. The molecule has 0 amide bonds. The van der Waals surface area contributed by atoms with E-state index in [9.17, 15) is 0 Å². The van der Waals surface area contributed by atoms with Crippen LogP contribution in [0.4, 0.5) is 0 Å². The number of hydrogen-bond donors (Lipinski definition) is 0. The summed E-state index contributed by atoms with van der Waals surface area (Å²) in [6.45, 7) is 12.7. The van der Waals surface area contributed by atoms with Crippen LogP contribution in [0.2, 0.25) is 0 Å². The molecule has 2 heteroatoms. The maximum absolute atomic E-state index is 5.34. The highest BCUT2D eigenvalue weighted by molar-refractivity contribution is 7.99. The lowest BCUT2D eigenvalue weighted by Crippen LogP contribution is -2.12. The lowest BCUT2D eigenvalue weighted by Gasteiger charge is -2.22. The van der Waals surface area contributed by atoms with E-state index in [1.54, 1.807) is 0 Å². The summed E-state index contributed by atoms with van der Waals surface area (Å²) in [7, 11) is 0. The van der Waals surface area contributed by atoms with Gasteiger partial charge in [0.2, 0.25) is 0 Å². The molecule has 1 aromatic rings. The van der Waals surface area contributed by atoms with Crippen LogP contribution >= 0.6 is 11.8 Å². The smallest absolute Gasteiger partial charge is 0.0560 e. The van der Waals surface area contributed by atoms with E-state index in [1.807, 2.05) is 18.7 Å². The summed E-state index contributed by atoms with van der Waals surface area (Å²) in [6, 6.07) is 6.78. The average molecular weight is 252 g/mol. The molecule has 0 atom stereocenters. The van der Waals surface area contributed by atoms with Crippen molar-refractivity contribution in [1.29, 1.82) is 0 Å². The fourth-order valence-corrected chi connectivity index (χ4v) is 2.79. The van der Waals surface area contributed by atoms with E-state index in [0.29, 0.717) is 0 Å². The van der Waals surface area contributed by atoms with Crippen LogP contribution in [0.15, 0.2) is 23.1 Å². The number of ether oxygens (including phenoxy) is 1. The van der Waals surface area contributed by atoms with Gasteiger partial charge >= 0.3 is 0 Å². The Hall–Kier alpha value is -0.470. The maximum atomic E-state index is 5.34. The second-order valence-corrected chi connectivity index (χ2v) is 6.44. The first-order chi connectivity index (χ1) is 7.95. The molecule has 1 rings (SSSR count). The standard InChI is InChI=1S/C15H24OS/c1-6-16-9-10-17-13-7-8-14(12(2)11-13)15(3,4)5/h7-8,11H,6,9-10H2,1-5H3. The van der Waals surface area contributed by atoms with E-state index in [0.717, 1.165) is 19.0 Å². The van der Waals surface area contributed by atoms with Crippen LogP contribution in [-0.2, 0) is 10.2 Å². The normalized spacial score (nSPS) is 11.8. The van der Waals surface area contributed by atoms with Gasteiger partial charge in [0.25, 0.3) is 0 Å². The van der Waals surface area contributed by atoms with Crippen molar-refractivity contribution in [3.63, 3.8) is 0 Å². The fraction of sp³-hybridized carbons (Fsp3) is 0.600. The summed E-state index contributed by atoms with van der Waals surface area (Å²) in [5, 5.41) is 0. The minimum Gasteiger partial charge on any atom is -0.381 e. The van der Waals surface area contributed by atoms with Crippen LogP contribution < -0.4 is 0 Å². The van der Waals surface area contributed by atoms with Gasteiger partial charge < -0.3 is 4.74 Å². The molecule has 0 heterocycles. The molecule has 0 radical (unpaired) electrons. The van der Waals surface area contributed by atoms with Crippen LogP contribution in [0, 0.1) is 6.92 Å². The molecule has 17 heavy (non-hydrogen) atoms. The van der Waals surface area contributed by atoms with Crippen LogP contribution in [0.25, 0.3) is 0 Å². The van der Waals surface area contributed by atoms with Crippen LogP contribution in [0.1, 0.15) is 38.8 Å². The van der Waals surface area contributed by atoms with Crippen LogP contribution in [0.3, 0.4) is 0 Å². The minimum atomic E-state index is 0.235. The first-order valence-corrected chi connectivity index (χ1v) is 7.25. The van der Waals surface area contributed by atoms with Crippen molar-refractivity contribution in [3.8, 4) is 0 Å². The summed E-state index contributed by atoms with van der Waals surface area (Å²) < 4.78 is 5.34. The van der Waals surface area contributed by atoms with Gasteiger partial charge in [0.15, 0.2) is 0 Å². The zero-order chi connectivity index (χ0) is 12.9. The van der Waals surface area contributed by atoms with Gasteiger partial charge in [-0.25, -0.2) is 0 Å². The molecular formula is C15H24OS. The monoisotopic (exact) mass is 252 g/mol. The summed E-state index contributed by atoms with van der Waals surface area (Å²) >= 11 is 1.87. The Kier molecular flexibility index (Phi) is 5.54. The summed E-state index contributed by atoms with van der Waals surface area (Å²) in [6.07, 6.45) is 0. The van der Waals surface area contributed by atoms with E-state index in [4.69, 9.17) is 4.74 Å². The van der Waals surface area contributed by atoms with Crippen LogP contribution in [0.5, 0.6) is 0 Å². The zero-order valence-electron chi connectivity index (χ0n) is 11.7. The first kappa shape index (κ1) is 14.6. The third-order valence-electron chi connectivity index (χ3n) is 2.71. The first-order valence-electron chi connectivity index (χ1n) is 6.27. The number of aryl methyl sites for hydroxylation is 1. The van der Waals surface area contributed by atoms with Gasteiger partial charge in [-0.15, -0.1) is 11.8 Å². The molecule has 0 aliphatic carbocycles. The second-order valence-electron chi connectivity index (χ2n) is 5.27. The second kappa shape index (κ2) is 6.46. The topological polar surface area (TPSA) is 9.23 Å². The van der Waals surface area contributed by atoms with Crippen molar-refractivity contribution < 1.29 is 4.74 Å². The molecule has 0 bridgehead atoms. The highest BCUT2D eigenvalue weighted by atomic mass is 32.2. The molecule has 1 aromatic carbocycles. The van der Waals surface area contributed by atoms with Gasteiger partial charge in [0, 0.05) is 17.3 Å². The average Bonchev–Trinajstić information content (AvgIpc) is 2.23. The molecule has 0 saturated carbocycles. The SMILES string of the molecule is CCOCCSc1ccc(C(C)(C)C)c(C)c1. The molecule has 96 valence electrons. The number of rotatable bonds is 5. The van der Waals surface area contributed by atoms with Gasteiger partial charge in [-0.1, -0.05) is 26.8 Å². The molecule has 0 aliphatic heterocycles. The Labute approximate surface area is 110 Å². The largest absolute Gasteiger partial charge is 0.381 e. The summed E-state index contributed by atoms with van der Waals surface area (Å²) in [5.41, 5.74) is 3.06. The van der Waals surface area contributed by atoms with Crippen molar-refractivity contribution in [2.75, 3.05) is 19.0 Å². The Morgan fingerprint density at radius 2 is 1.94 bits per heavy atom. The highest BCUT2D eigenvalue weighted by Crippen LogP contribution is 2.29. The lowest BCUT2D eigenvalue weighted by molar-refractivity contribution is 0.164. The van der Waals surface area contributed by atoms with Gasteiger partial charge in [-0.2, -0.15) is 0 Å². The third-order valence-corrected chi connectivity index (χ3v) is 3.66. The maximum Gasteiger partial charge on any atom is 0.0560 e. The van der Waals surface area contributed by atoms with Crippen molar-refractivity contribution in [3.05, 3.63) is 29.3 Å². The Morgan fingerprint density at radius 1 is 1.24 bits per heavy atom. The van der Waals surface area contributed by atoms with Gasteiger partial charge in [-0.05, 0) is 42.5 Å². The van der Waals surface area contributed by atoms with Crippen molar-refractivity contribution in [2.24, 2.45) is 0 Å². The van der Waals surface area contributed by atoms with E-state index >= 15 is 0 Å². The molecule has 1 nitrogen and oxygen atoms in total. The van der Waals surface area contributed by atoms with Crippen molar-refractivity contribution >= 4 is 11.8 Å². The fourth-order valence-electron chi connectivity index (χ4n) is 1.93. The van der Waals surface area contributed by atoms with Gasteiger partial charge in [0.05, 0.1) is 6.61 Å². The molecule has 0 aliphatic rings. The molecule has 0 fully saturated rings. The number of thioether (sulfide) groups is 1. The summed E-state index contributed by atoms with van der Waals surface area (Å²) in [5.74, 6) is 1.03. The Balaban J connectivity index is 2.63. The van der Waals surface area contributed by atoms with E-state index < -0.39 is 0 Å². The van der Waals surface area contributed by atoms with E-state index in [2.05, 4.69) is 45.9 Å². The quantitative estimate of drug-likeness (QED) is 0.566. The van der Waals surface area contributed by atoms with Gasteiger partial charge in [-0.3, -0.25) is 0 Å². The molecule has 0 N–H and O–H groups in total. The van der Waals surface area contributed by atoms with E-state index in [1.165, 1.54) is 16.0 Å². The zero-order valence-corrected chi connectivity index (χ0v) is 12.5. The predicted molar refractivity (Wildman–Crippen MR) is 77.1 cm³/mol. The summed E-state index contributed by atoms with van der Waals surface area (Å²) in [4.78, 5) is 1.34. The lowest BCUT2D eigenvalue weighted by atomic mass is 9.84. The number of benzene rings is 1. The Morgan fingerprint density at radius 3 is 2.47 bits per heavy atom. The predicted octanol–water partition coefficient (Wildman–Crippen LogP) is 4.42. The molecule has 0 aromatic heterocycles. The van der Waals surface area contributed by atoms with Crippen molar-refractivity contribution in [2.45, 2.75) is 44.9 Å². The molecule has 0 unspecified atom stereocenters. The Bertz CT molecular complexity index is 352. The van der Waals surface area contributed by atoms with Crippen LogP contribution in [-0.4, -0.2) is 19.0 Å². The third kappa shape index (κ3) is 4.72. The highest BCUT2D eigenvalue weighted by Gasteiger charge is 2.15. The molecule has 0 spiro atoms. The number of hydrogen-bond acceptors (Lipinski definition) is 2.